The SMILES string of the molecule is Fc1cccc2c3ccccc3n(-c3ccccc3-c3ccc(N(c4ccc(-c5ccccc5)cc4)c4ccc(-c5cccc6sc7ccccc7c56)cc4)cc3)c12. The number of halogens is 1. The standard InChI is InChI=1S/C54H35FN2S/c55-48-19-10-18-46-45-15-5-8-21-50(45)57(54(46)48)49-20-7-4-14-43(49)38-26-32-41(33-27-38)56(40-30-24-37(25-31-40)36-12-2-1-3-13-36)42-34-28-39(29-35-42)44-17-11-23-52-53(44)47-16-6-9-22-51(47)58-52/h1-35H. The first kappa shape index (κ1) is 34.0. The first-order valence-corrected chi connectivity index (χ1v) is 20.4. The molecule has 0 atom stereocenters. The number of para-hydroxylation sites is 3. The van der Waals surface area contributed by atoms with Gasteiger partial charge >= 0.3 is 0 Å². The monoisotopic (exact) mass is 762 g/mol. The third kappa shape index (κ3) is 5.69. The Kier molecular flexibility index (Phi) is 8.23. The van der Waals surface area contributed by atoms with Gasteiger partial charge in [0.05, 0.1) is 16.7 Å². The van der Waals surface area contributed by atoms with Crippen LogP contribution in [0.25, 0.3) is 81.0 Å². The summed E-state index contributed by atoms with van der Waals surface area (Å²) in [6, 6.07) is 74.1. The summed E-state index contributed by atoms with van der Waals surface area (Å²) in [5, 5.41) is 4.54. The van der Waals surface area contributed by atoms with Crippen LogP contribution >= 0.6 is 11.3 Å². The van der Waals surface area contributed by atoms with Crippen LogP contribution in [0.5, 0.6) is 0 Å². The molecule has 0 unspecified atom stereocenters. The van der Waals surface area contributed by atoms with Gasteiger partial charge in [-0.15, -0.1) is 11.3 Å². The van der Waals surface area contributed by atoms with E-state index in [0.29, 0.717) is 5.52 Å². The summed E-state index contributed by atoms with van der Waals surface area (Å²) in [7, 11) is 0. The second kappa shape index (κ2) is 14.0. The quantitative estimate of drug-likeness (QED) is 0.157. The van der Waals surface area contributed by atoms with Crippen LogP contribution in [0.1, 0.15) is 0 Å². The maximum atomic E-state index is 15.7. The van der Waals surface area contributed by atoms with Crippen LogP contribution in [0.3, 0.4) is 0 Å². The number of anilines is 3. The van der Waals surface area contributed by atoms with Crippen molar-refractivity contribution in [1.82, 2.24) is 4.57 Å². The Morgan fingerprint density at radius 2 is 0.897 bits per heavy atom. The summed E-state index contributed by atoms with van der Waals surface area (Å²) in [4.78, 5) is 2.32. The largest absolute Gasteiger partial charge is 0.311 e. The number of rotatable bonds is 7. The number of benzene rings is 9. The second-order valence-electron chi connectivity index (χ2n) is 14.6. The summed E-state index contributed by atoms with van der Waals surface area (Å²) in [5.74, 6) is -0.237. The summed E-state index contributed by atoms with van der Waals surface area (Å²) in [6.45, 7) is 0. The van der Waals surface area contributed by atoms with E-state index in [0.717, 1.165) is 50.2 Å². The van der Waals surface area contributed by atoms with Gasteiger partial charge in [-0.1, -0.05) is 146 Å². The summed E-state index contributed by atoms with van der Waals surface area (Å²) in [6.07, 6.45) is 0. The van der Waals surface area contributed by atoms with Crippen LogP contribution in [0.2, 0.25) is 0 Å². The van der Waals surface area contributed by atoms with Gasteiger partial charge in [0.1, 0.15) is 5.82 Å². The van der Waals surface area contributed by atoms with E-state index in [1.165, 1.54) is 42.4 Å². The molecule has 11 rings (SSSR count). The van der Waals surface area contributed by atoms with E-state index in [4.69, 9.17) is 0 Å². The molecule has 0 aliphatic carbocycles. The van der Waals surface area contributed by atoms with Crippen molar-refractivity contribution in [2.24, 2.45) is 0 Å². The average molecular weight is 763 g/mol. The van der Waals surface area contributed by atoms with Crippen LogP contribution < -0.4 is 4.90 Å². The lowest BCUT2D eigenvalue weighted by molar-refractivity contribution is 0.635. The van der Waals surface area contributed by atoms with Gasteiger partial charge in [-0.2, -0.15) is 0 Å². The molecule has 0 radical (unpaired) electrons. The van der Waals surface area contributed by atoms with Crippen LogP contribution in [0.4, 0.5) is 21.5 Å². The molecule has 0 amide bonds. The molecule has 2 aromatic heterocycles. The highest BCUT2D eigenvalue weighted by molar-refractivity contribution is 7.25. The Labute approximate surface area is 339 Å². The molecule has 2 nitrogen and oxygen atoms in total. The topological polar surface area (TPSA) is 8.17 Å². The number of fused-ring (bicyclic) bond motifs is 6. The highest BCUT2D eigenvalue weighted by Crippen LogP contribution is 2.43. The number of aromatic nitrogens is 1. The molecule has 58 heavy (non-hydrogen) atoms. The van der Waals surface area contributed by atoms with Gasteiger partial charge in [0.15, 0.2) is 0 Å². The Morgan fingerprint density at radius 1 is 0.379 bits per heavy atom. The maximum Gasteiger partial charge on any atom is 0.147 e. The van der Waals surface area contributed by atoms with Crippen LogP contribution in [0.15, 0.2) is 212 Å². The van der Waals surface area contributed by atoms with E-state index in [2.05, 4.69) is 179 Å². The van der Waals surface area contributed by atoms with Gasteiger partial charge < -0.3 is 9.47 Å². The first-order chi connectivity index (χ1) is 28.7. The molecule has 11 aromatic rings. The molecule has 2 heterocycles. The molecular weight excluding hydrogens is 728 g/mol. The molecule has 9 aromatic carbocycles. The fourth-order valence-corrected chi connectivity index (χ4v) is 9.75. The molecule has 0 saturated carbocycles. The highest BCUT2D eigenvalue weighted by Gasteiger charge is 2.19. The average Bonchev–Trinajstić information content (AvgIpc) is 3.85. The van der Waals surface area contributed by atoms with Crippen molar-refractivity contribution < 1.29 is 4.39 Å². The van der Waals surface area contributed by atoms with E-state index in [1.807, 2.05) is 41.7 Å². The zero-order valence-electron chi connectivity index (χ0n) is 31.4. The van der Waals surface area contributed by atoms with E-state index < -0.39 is 0 Å². The Hall–Kier alpha value is -7.27. The predicted octanol–water partition coefficient (Wildman–Crippen LogP) is 15.8. The number of hydrogen-bond acceptors (Lipinski definition) is 2. The minimum absolute atomic E-state index is 0.237. The van der Waals surface area contributed by atoms with Gasteiger partial charge in [0.25, 0.3) is 0 Å². The van der Waals surface area contributed by atoms with Crippen molar-refractivity contribution in [3.63, 3.8) is 0 Å². The first-order valence-electron chi connectivity index (χ1n) is 19.5. The van der Waals surface area contributed by atoms with Gasteiger partial charge in [-0.3, -0.25) is 0 Å². The fourth-order valence-electron chi connectivity index (χ4n) is 8.62. The van der Waals surface area contributed by atoms with Crippen LogP contribution in [-0.4, -0.2) is 4.57 Å². The maximum absolute atomic E-state index is 15.7. The van der Waals surface area contributed by atoms with Crippen LogP contribution in [-0.2, 0) is 0 Å². The smallest absolute Gasteiger partial charge is 0.147 e. The minimum atomic E-state index is -0.237. The Morgan fingerprint density at radius 3 is 1.64 bits per heavy atom. The lowest BCUT2D eigenvalue weighted by Gasteiger charge is -2.26. The lowest BCUT2D eigenvalue weighted by Crippen LogP contribution is -2.09. The second-order valence-corrected chi connectivity index (χ2v) is 15.7. The zero-order chi connectivity index (χ0) is 38.6. The highest BCUT2D eigenvalue weighted by atomic mass is 32.1. The molecule has 0 fully saturated rings. The number of hydrogen-bond donors (Lipinski definition) is 0. The van der Waals surface area contributed by atoms with Gasteiger partial charge in [-0.05, 0) is 94.5 Å². The number of thiophene rings is 1. The fraction of sp³-hybridized carbons (Fsp3) is 0. The summed E-state index contributed by atoms with van der Waals surface area (Å²) in [5.41, 5.74) is 12.5. The molecule has 274 valence electrons. The summed E-state index contributed by atoms with van der Waals surface area (Å²) < 4.78 is 20.4. The molecule has 0 spiro atoms. The minimum Gasteiger partial charge on any atom is -0.311 e. The molecule has 0 N–H and O–H groups in total. The third-order valence-electron chi connectivity index (χ3n) is 11.3. The summed E-state index contributed by atoms with van der Waals surface area (Å²) >= 11 is 1.85. The Bertz CT molecular complexity index is 3270. The van der Waals surface area contributed by atoms with Crippen molar-refractivity contribution in [2.75, 3.05) is 4.90 Å². The van der Waals surface area contributed by atoms with Crippen molar-refractivity contribution in [2.45, 2.75) is 0 Å². The zero-order valence-corrected chi connectivity index (χ0v) is 32.2. The molecule has 0 saturated heterocycles. The van der Waals surface area contributed by atoms with Gasteiger partial charge in [0.2, 0.25) is 0 Å². The number of nitrogens with zero attached hydrogens (tertiary/aromatic N) is 2. The van der Waals surface area contributed by atoms with Crippen LogP contribution in [0, 0.1) is 5.82 Å². The van der Waals surface area contributed by atoms with E-state index in [-0.39, 0.29) is 5.82 Å². The van der Waals surface area contributed by atoms with Crippen molar-refractivity contribution in [3.8, 4) is 39.1 Å². The van der Waals surface area contributed by atoms with Crippen molar-refractivity contribution >= 4 is 70.4 Å². The molecule has 0 aliphatic heterocycles. The molecule has 0 bridgehead atoms. The Balaban J connectivity index is 1.01. The molecule has 0 aliphatic rings. The van der Waals surface area contributed by atoms with E-state index >= 15 is 4.39 Å². The molecule has 4 heteroatoms. The third-order valence-corrected chi connectivity index (χ3v) is 12.4. The lowest BCUT2D eigenvalue weighted by atomic mass is 9.99. The molecular formula is C54H35FN2S. The van der Waals surface area contributed by atoms with E-state index in [9.17, 15) is 0 Å². The van der Waals surface area contributed by atoms with Gasteiger partial charge in [-0.25, -0.2) is 4.39 Å². The normalized spacial score (nSPS) is 11.5. The van der Waals surface area contributed by atoms with E-state index in [1.54, 1.807) is 12.1 Å². The van der Waals surface area contributed by atoms with Crippen molar-refractivity contribution in [3.05, 3.63) is 218 Å². The predicted molar refractivity (Wildman–Crippen MR) is 245 cm³/mol. The van der Waals surface area contributed by atoms with Gasteiger partial charge in [0, 0.05) is 53.6 Å². The van der Waals surface area contributed by atoms with Crippen molar-refractivity contribution in [1.29, 1.82) is 0 Å².